The first kappa shape index (κ1) is 13.1. The van der Waals surface area contributed by atoms with Gasteiger partial charge in [0.1, 0.15) is 6.26 Å². The van der Waals surface area contributed by atoms with E-state index in [-0.39, 0.29) is 0 Å². The van der Waals surface area contributed by atoms with E-state index in [1.165, 1.54) is 5.56 Å². The van der Waals surface area contributed by atoms with Crippen LogP contribution in [0.25, 0.3) is 0 Å². The molecular formula is C15H20N4O. The van der Waals surface area contributed by atoms with Gasteiger partial charge < -0.3 is 10.3 Å². The van der Waals surface area contributed by atoms with Crippen LogP contribution in [0.4, 0.5) is 5.69 Å². The number of aromatic nitrogens is 1. The van der Waals surface area contributed by atoms with Gasteiger partial charge in [0.2, 0.25) is 0 Å². The predicted molar refractivity (Wildman–Crippen MR) is 77.9 cm³/mol. The molecule has 3 rings (SSSR count). The fourth-order valence-electron chi connectivity index (χ4n) is 2.60. The van der Waals surface area contributed by atoms with Crippen molar-refractivity contribution in [1.29, 1.82) is 0 Å². The topological polar surface area (TPSA) is 58.5 Å². The zero-order valence-corrected chi connectivity index (χ0v) is 11.5. The van der Waals surface area contributed by atoms with Gasteiger partial charge in [-0.2, -0.15) is 0 Å². The lowest BCUT2D eigenvalue weighted by atomic mass is 10.1. The fourth-order valence-corrected chi connectivity index (χ4v) is 2.60. The number of nitrogen functional groups attached to an aromatic ring is 1. The van der Waals surface area contributed by atoms with Crippen LogP contribution in [-0.2, 0) is 13.1 Å². The van der Waals surface area contributed by atoms with Crippen LogP contribution in [0.3, 0.4) is 0 Å². The molecule has 0 bridgehead atoms. The minimum absolute atomic E-state index is 0.840. The smallest absolute Gasteiger partial charge is 0.124 e. The Hall–Kier alpha value is -1.85. The Kier molecular flexibility index (Phi) is 3.99. The molecule has 20 heavy (non-hydrogen) atoms. The monoisotopic (exact) mass is 272 g/mol. The van der Waals surface area contributed by atoms with Crippen molar-refractivity contribution >= 4 is 5.69 Å². The fraction of sp³-hybridized carbons (Fsp3) is 0.400. The van der Waals surface area contributed by atoms with Gasteiger partial charge in [-0.3, -0.25) is 9.80 Å². The highest BCUT2D eigenvalue weighted by atomic mass is 16.5. The summed E-state index contributed by atoms with van der Waals surface area (Å²) in [5, 5.41) is 3.96. The highest BCUT2D eigenvalue weighted by Crippen LogP contribution is 2.12. The van der Waals surface area contributed by atoms with Crippen LogP contribution in [-0.4, -0.2) is 41.1 Å². The number of hydrogen-bond acceptors (Lipinski definition) is 5. The quantitative estimate of drug-likeness (QED) is 0.856. The third-order valence-corrected chi connectivity index (χ3v) is 3.70. The molecule has 0 spiro atoms. The molecule has 1 aromatic heterocycles. The first-order valence-corrected chi connectivity index (χ1v) is 6.98. The Morgan fingerprint density at radius 1 is 1.05 bits per heavy atom. The average molecular weight is 272 g/mol. The molecule has 2 heterocycles. The number of benzene rings is 1. The number of nitrogens with zero attached hydrogens (tertiary/aromatic N) is 3. The van der Waals surface area contributed by atoms with E-state index >= 15 is 0 Å². The van der Waals surface area contributed by atoms with E-state index in [4.69, 9.17) is 10.3 Å². The van der Waals surface area contributed by atoms with Crippen LogP contribution < -0.4 is 5.73 Å². The summed E-state index contributed by atoms with van der Waals surface area (Å²) in [7, 11) is 0. The summed E-state index contributed by atoms with van der Waals surface area (Å²) in [6, 6.07) is 10.1. The zero-order valence-electron chi connectivity index (χ0n) is 11.5. The molecule has 0 saturated carbocycles. The van der Waals surface area contributed by atoms with E-state index in [0.717, 1.165) is 50.6 Å². The number of anilines is 1. The lowest BCUT2D eigenvalue weighted by molar-refractivity contribution is 0.120. The van der Waals surface area contributed by atoms with E-state index in [9.17, 15) is 0 Å². The van der Waals surface area contributed by atoms with Crippen LogP contribution in [0.5, 0.6) is 0 Å². The number of nitrogens with two attached hydrogens (primary N) is 1. The summed E-state index contributed by atoms with van der Waals surface area (Å²) in [6.07, 6.45) is 1.63. The van der Waals surface area contributed by atoms with Crippen molar-refractivity contribution in [3.05, 3.63) is 47.9 Å². The van der Waals surface area contributed by atoms with Crippen LogP contribution in [0.15, 0.2) is 41.1 Å². The van der Waals surface area contributed by atoms with E-state index < -0.39 is 0 Å². The van der Waals surface area contributed by atoms with E-state index in [1.54, 1.807) is 6.26 Å². The minimum atomic E-state index is 0.840. The molecular weight excluding hydrogens is 252 g/mol. The number of hydrogen-bond donors (Lipinski definition) is 1. The van der Waals surface area contributed by atoms with Gasteiger partial charge in [0.15, 0.2) is 0 Å². The molecule has 0 radical (unpaired) electrons. The molecule has 5 nitrogen and oxygen atoms in total. The molecule has 5 heteroatoms. The lowest BCUT2D eigenvalue weighted by Gasteiger charge is -2.34. The predicted octanol–water partition coefficient (Wildman–Crippen LogP) is 1.57. The standard InChI is InChI=1S/C15H20N4O/c16-14-3-1-2-13(10-14)11-18-5-7-19(8-6-18)12-15-4-9-20-17-15/h1-4,9-10H,5-8,11-12,16H2. The van der Waals surface area contributed by atoms with Crippen LogP contribution in [0.2, 0.25) is 0 Å². The van der Waals surface area contributed by atoms with Gasteiger partial charge in [-0.15, -0.1) is 0 Å². The highest BCUT2D eigenvalue weighted by molar-refractivity contribution is 5.40. The molecule has 0 atom stereocenters. The summed E-state index contributed by atoms with van der Waals surface area (Å²) in [6.45, 7) is 6.13. The van der Waals surface area contributed by atoms with Crippen molar-refractivity contribution in [3.8, 4) is 0 Å². The zero-order chi connectivity index (χ0) is 13.8. The van der Waals surface area contributed by atoms with Crippen LogP contribution in [0.1, 0.15) is 11.3 Å². The van der Waals surface area contributed by atoms with Gasteiger partial charge in [0.25, 0.3) is 0 Å². The second-order valence-electron chi connectivity index (χ2n) is 5.29. The maximum Gasteiger partial charge on any atom is 0.124 e. The summed E-state index contributed by atoms with van der Waals surface area (Å²) in [5.41, 5.74) is 8.95. The number of rotatable bonds is 4. The van der Waals surface area contributed by atoms with Crippen LogP contribution in [0, 0.1) is 0 Å². The molecule has 0 unspecified atom stereocenters. The Morgan fingerprint density at radius 2 is 1.80 bits per heavy atom. The third kappa shape index (κ3) is 3.37. The van der Waals surface area contributed by atoms with E-state index in [1.807, 2.05) is 18.2 Å². The molecule has 1 aliphatic heterocycles. The number of piperazine rings is 1. The molecule has 1 aliphatic rings. The molecule has 0 aliphatic carbocycles. The Morgan fingerprint density at radius 3 is 2.45 bits per heavy atom. The molecule has 2 aromatic rings. The second-order valence-corrected chi connectivity index (χ2v) is 5.29. The minimum Gasteiger partial charge on any atom is -0.399 e. The molecule has 1 saturated heterocycles. The maximum absolute atomic E-state index is 5.82. The summed E-state index contributed by atoms with van der Waals surface area (Å²) in [4.78, 5) is 4.88. The molecule has 2 N–H and O–H groups in total. The van der Waals surface area contributed by atoms with Gasteiger partial charge in [-0.05, 0) is 17.7 Å². The van der Waals surface area contributed by atoms with Crippen molar-refractivity contribution in [2.24, 2.45) is 0 Å². The summed E-state index contributed by atoms with van der Waals surface area (Å²) < 4.78 is 4.87. The molecule has 0 amide bonds. The van der Waals surface area contributed by atoms with Gasteiger partial charge in [-0.25, -0.2) is 0 Å². The van der Waals surface area contributed by atoms with E-state index in [2.05, 4.69) is 27.1 Å². The summed E-state index contributed by atoms with van der Waals surface area (Å²) in [5.74, 6) is 0. The van der Waals surface area contributed by atoms with E-state index in [0.29, 0.717) is 0 Å². The summed E-state index contributed by atoms with van der Waals surface area (Å²) >= 11 is 0. The van der Waals surface area contributed by atoms with Crippen molar-refractivity contribution in [2.75, 3.05) is 31.9 Å². The molecule has 1 fully saturated rings. The van der Waals surface area contributed by atoms with Gasteiger partial charge in [0, 0.05) is 51.0 Å². The Bertz CT molecular complexity index is 533. The van der Waals surface area contributed by atoms with Gasteiger partial charge in [-0.1, -0.05) is 17.3 Å². The second kappa shape index (κ2) is 6.07. The third-order valence-electron chi connectivity index (χ3n) is 3.70. The highest BCUT2D eigenvalue weighted by Gasteiger charge is 2.17. The normalized spacial score (nSPS) is 17.4. The maximum atomic E-state index is 5.82. The first-order valence-electron chi connectivity index (χ1n) is 6.98. The van der Waals surface area contributed by atoms with Crippen molar-refractivity contribution in [1.82, 2.24) is 15.0 Å². The SMILES string of the molecule is Nc1cccc(CN2CCN(Cc3ccon3)CC2)c1. The lowest BCUT2D eigenvalue weighted by Crippen LogP contribution is -2.45. The van der Waals surface area contributed by atoms with Crippen molar-refractivity contribution in [2.45, 2.75) is 13.1 Å². The van der Waals surface area contributed by atoms with Crippen LogP contribution >= 0.6 is 0 Å². The Labute approximate surface area is 118 Å². The van der Waals surface area contributed by atoms with Crippen molar-refractivity contribution in [3.63, 3.8) is 0 Å². The molecule has 106 valence electrons. The van der Waals surface area contributed by atoms with Gasteiger partial charge in [0.05, 0.1) is 5.69 Å². The Balaban J connectivity index is 1.48. The van der Waals surface area contributed by atoms with Gasteiger partial charge >= 0.3 is 0 Å². The average Bonchev–Trinajstić information content (AvgIpc) is 2.94. The first-order chi connectivity index (χ1) is 9.79. The molecule has 1 aromatic carbocycles. The van der Waals surface area contributed by atoms with Crippen molar-refractivity contribution < 1.29 is 4.52 Å². The largest absolute Gasteiger partial charge is 0.399 e.